The Hall–Kier alpha value is -1.51. The first-order chi connectivity index (χ1) is 13.6. The zero-order chi connectivity index (χ0) is 19.9. The van der Waals surface area contributed by atoms with Crippen molar-refractivity contribution in [2.24, 2.45) is 5.73 Å². The van der Waals surface area contributed by atoms with Crippen molar-refractivity contribution >= 4 is 18.5 Å². The number of carbonyl (C=O) groups excluding carboxylic acids is 1. The molecule has 2 N–H and O–H groups in total. The van der Waals surface area contributed by atoms with Gasteiger partial charge in [-0.05, 0) is 62.1 Å². The van der Waals surface area contributed by atoms with Crippen LogP contribution < -0.4 is 9.92 Å². The standard InChI is InChI=1S/C20H29FN2O4S/c1-25-20(24)23-11-3-6-18(22)19(23)13-26-16-9-7-14(8-10-16)15-4-2-5-17(12-15)27-28-21/h2,4-5,12,14,16,18-19H,3,6-11,13,22H2,1H3/t14?,16?,18-,19?/m0/s1. The molecule has 1 aromatic rings. The number of hydrogen-bond acceptors (Lipinski definition) is 6. The Morgan fingerprint density at radius 2 is 2.07 bits per heavy atom. The Morgan fingerprint density at radius 1 is 1.29 bits per heavy atom. The van der Waals surface area contributed by atoms with E-state index in [-0.39, 0.29) is 36.7 Å². The van der Waals surface area contributed by atoms with E-state index in [1.807, 2.05) is 12.1 Å². The molecule has 1 saturated heterocycles. The van der Waals surface area contributed by atoms with Crippen LogP contribution in [0.2, 0.25) is 0 Å². The maximum atomic E-state index is 12.3. The van der Waals surface area contributed by atoms with Crippen LogP contribution in [0.15, 0.2) is 24.3 Å². The molecule has 1 aliphatic heterocycles. The summed E-state index contributed by atoms with van der Waals surface area (Å²) in [5, 5.41) is 0. The predicted molar refractivity (Wildman–Crippen MR) is 107 cm³/mol. The number of rotatable bonds is 6. The quantitative estimate of drug-likeness (QED) is 0.706. The van der Waals surface area contributed by atoms with E-state index in [1.54, 1.807) is 11.0 Å². The van der Waals surface area contributed by atoms with Gasteiger partial charge in [-0.3, -0.25) is 0 Å². The average Bonchev–Trinajstić information content (AvgIpc) is 2.73. The molecule has 1 aromatic carbocycles. The van der Waals surface area contributed by atoms with Crippen LogP contribution in [0.4, 0.5) is 8.68 Å². The summed E-state index contributed by atoms with van der Waals surface area (Å²) in [6.45, 7) is 1.11. The summed E-state index contributed by atoms with van der Waals surface area (Å²) in [7, 11) is 1.40. The molecule has 8 heteroatoms. The number of piperidine rings is 1. The minimum absolute atomic E-state index is 0.0831. The third-order valence-electron chi connectivity index (χ3n) is 5.87. The largest absolute Gasteiger partial charge is 0.453 e. The topological polar surface area (TPSA) is 74.0 Å². The molecule has 1 heterocycles. The number of nitrogens with zero attached hydrogens (tertiary/aromatic N) is 1. The van der Waals surface area contributed by atoms with E-state index >= 15 is 0 Å². The minimum Gasteiger partial charge on any atom is -0.453 e. The molecule has 0 aromatic heterocycles. The van der Waals surface area contributed by atoms with E-state index in [2.05, 4.69) is 6.07 Å². The molecule has 2 fully saturated rings. The molecule has 0 bridgehead atoms. The Balaban J connectivity index is 1.50. The van der Waals surface area contributed by atoms with Gasteiger partial charge >= 0.3 is 6.09 Å². The Kier molecular flexibility index (Phi) is 7.82. The van der Waals surface area contributed by atoms with Crippen LogP contribution in [-0.2, 0) is 9.47 Å². The molecule has 0 spiro atoms. The molecule has 6 nitrogen and oxygen atoms in total. The first-order valence-electron chi connectivity index (χ1n) is 9.89. The van der Waals surface area contributed by atoms with Gasteiger partial charge in [-0.15, -0.1) is 3.89 Å². The first kappa shape index (κ1) is 21.2. The van der Waals surface area contributed by atoms with Gasteiger partial charge in [0.15, 0.2) is 0 Å². The fraction of sp³-hybridized carbons (Fsp3) is 0.650. The van der Waals surface area contributed by atoms with Crippen LogP contribution in [0, 0.1) is 0 Å². The summed E-state index contributed by atoms with van der Waals surface area (Å²) in [5.74, 6) is 0.967. The summed E-state index contributed by atoms with van der Waals surface area (Å²) in [6, 6.07) is 7.41. The maximum Gasteiger partial charge on any atom is 0.409 e. The number of hydrogen-bond donors (Lipinski definition) is 1. The molecule has 1 saturated carbocycles. The number of benzene rings is 1. The van der Waals surface area contributed by atoms with E-state index in [0.717, 1.165) is 38.5 Å². The third kappa shape index (κ3) is 5.30. The highest BCUT2D eigenvalue weighted by atomic mass is 32.2. The van der Waals surface area contributed by atoms with E-state index in [4.69, 9.17) is 19.4 Å². The zero-order valence-corrected chi connectivity index (χ0v) is 17.0. The van der Waals surface area contributed by atoms with Gasteiger partial charge in [-0.2, -0.15) is 0 Å². The highest BCUT2D eigenvalue weighted by molar-refractivity contribution is 7.89. The fourth-order valence-electron chi connectivity index (χ4n) is 4.30. The van der Waals surface area contributed by atoms with Gasteiger partial charge in [0.05, 0.1) is 25.9 Å². The first-order valence-corrected chi connectivity index (χ1v) is 10.5. The molecule has 0 radical (unpaired) electrons. The van der Waals surface area contributed by atoms with Crippen molar-refractivity contribution < 1.29 is 22.3 Å². The SMILES string of the molecule is COC(=O)N1CCC[C@H](N)C1COC1CCC(c2cccc(OSF)c2)CC1. The zero-order valence-electron chi connectivity index (χ0n) is 16.2. The van der Waals surface area contributed by atoms with Crippen LogP contribution >= 0.6 is 12.4 Å². The number of carbonyl (C=O) groups is 1. The normalized spacial score (nSPS) is 28.0. The fourth-order valence-corrected chi connectivity index (χ4v) is 4.47. The van der Waals surface area contributed by atoms with Crippen molar-refractivity contribution in [2.75, 3.05) is 20.3 Å². The number of amides is 1. The minimum atomic E-state index is -0.332. The third-order valence-corrected chi connectivity index (χ3v) is 6.13. The van der Waals surface area contributed by atoms with Crippen LogP contribution in [0.3, 0.4) is 0 Å². The molecule has 1 amide bonds. The highest BCUT2D eigenvalue weighted by Crippen LogP contribution is 2.36. The summed E-state index contributed by atoms with van der Waals surface area (Å²) in [4.78, 5) is 13.7. The molecule has 1 aliphatic carbocycles. The smallest absolute Gasteiger partial charge is 0.409 e. The lowest BCUT2D eigenvalue weighted by molar-refractivity contribution is -0.0229. The van der Waals surface area contributed by atoms with Gasteiger partial charge in [0, 0.05) is 12.6 Å². The molecule has 156 valence electrons. The van der Waals surface area contributed by atoms with Crippen molar-refractivity contribution in [1.82, 2.24) is 4.90 Å². The number of nitrogens with two attached hydrogens (primary N) is 1. The van der Waals surface area contributed by atoms with Crippen LogP contribution in [0.1, 0.15) is 50.0 Å². The molecular weight excluding hydrogens is 383 g/mol. The van der Waals surface area contributed by atoms with Gasteiger partial charge in [0.25, 0.3) is 12.4 Å². The van der Waals surface area contributed by atoms with Gasteiger partial charge in [0.1, 0.15) is 5.75 Å². The summed E-state index contributed by atoms with van der Waals surface area (Å²) in [6.07, 6.45) is 5.54. The second kappa shape index (κ2) is 10.3. The van der Waals surface area contributed by atoms with E-state index < -0.39 is 0 Å². The summed E-state index contributed by atoms with van der Waals surface area (Å²) < 4.78 is 28.2. The second-order valence-electron chi connectivity index (χ2n) is 7.56. The van der Waals surface area contributed by atoms with Gasteiger partial charge in [0.2, 0.25) is 0 Å². The van der Waals surface area contributed by atoms with Crippen LogP contribution in [-0.4, -0.2) is 49.4 Å². The van der Waals surface area contributed by atoms with Crippen molar-refractivity contribution in [3.63, 3.8) is 0 Å². The lowest BCUT2D eigenvalue weighted by atomic mass is 9.82. The monoisotopic (exact) mass is 412 g/mol. The average molecular weight is 413 g/mol. The number of ether oxygens (including phenoxy) is 2. The molecule has 2 aliphatic rings. The Morgan fingerprint density at radius 3 is 2.79 bits per heavy atom. The van der Waals surface area contributed by atoms with Gasteiger partial charge < -0.3 is 24.3 Å². The number of methoxy groups -OCH3 is 1. The lowest BCUT2D eigenvalue weighted by Crippen LogP contribution is -2.56. The van der Waals surface area contributed by atoms with Crippen molar-refractivity contribution in [2.45, 2.75) is 62.6 Å². The molecule has 2 atom stereocenters. The van der Waals surface area contributed by atoms with Crippen molar-refractivity contribution in [3.8, 4) is 5.75 Å². The second-order valence-corrected chi connectivity index (χ2v) is 7.86. The summed E-state index contributed by atoms with van der Waals surface area (Å²) in [5.41, 5.74) is 7.42. The van der Waals surface area contributed by atoms with Crippen molar-refractivity contribution in [3.05, 3.63) is 29.8 Å². The van der Waals surface area contributed by atoms with Gasteiger partial charge in [-0.1, -0.05) is 12.1 Å². The molecule has 3 rings (SSSR count). The van der Waals surface area contributed by atoms with Crippen LogP contribution in [0.5, 0.6) is 5.75 Å². The molecule has 1 unspecified atom stereocenters. The van der Waals surface area contributed by atoms with E-state index in [1.165, 1.54) is 12.7 Å². The highest BCUT2D eigenvalue weighted by Gasteiger charge is 2.34. The number of likely N-dealkylation sites (tertiary alicyclic amines) is 1. The lowest BCUT2D eigenvalue weighted by Gasteiger charge is -2.39. The van der Waals surface area contributed by atoms with Crippen molar-refractivity contribution in [1.29, 1.82) is 0 Å². The Bertz CT molecular complexity index is 642. The summed E-state index contributed by atoms with van der Waals surface area (Å²) >= 11 is -0.133. The molecule has 28 heavy (non-hydrogen) atoms. The van der Waals surface area contributed by atoms with E-state index in [0.29, 0.717) is 24.8 Å². The predicted octanol–water partition coefficient (Wildman–Crippen LogP) is 4.20. The van der Waals surface area contributed by atoms with Crippen LogP contribution in [0.25, 0.3) is 0 Å². The number of halogens is 1. The maximum absolute atomic E-state index is 12.3. The van der Waals surface area contributed by atoms with Gasteiger partial charge in [-0.25, -0.2) is 4.79 Å². The Labute approximate surface area is 170 Å². The van der Waals surface area contributed by atoms with E-state index in [9.17, 15) is 8.68 Å². The molecular formula is C20H29FN2O4S.